The van der Waals surface area contributed by atoms with E-state index in [2.05, 4.69) is 76.5 Å². The molecule has 0 radical (unpaired) electrons. The van der Waals surface area contributed by atoms with Gasteiger partial charge in [0.2, 0.25) is 0 Å². The first kappa shape index (κ1) is 16.9. The molecule has 0 amide bonds. The van der Waals surface area contributed by atoms with Crippen LogP contribution in [0.4, 0.5) is 5.69 Å². The average molecular weight is 346 g/mol. The molecule has 26 heavy (non-hydrogen) atoms. The third-order valence-electron chi connectivity index (χ3n) is 5.11. The Bertz CT molecular complexity index is 854. The number of benzene rings is 3. The molecule has 0 N–H and O–H groups in total. The van der Waals surface area contributed by atoms with E-state index in [0.717, 1.165) is 38.5 Å². The number of nitrogens with zero attached hydrogens (tertiary/aromatic N) is 2. The van der Waals surface area contributed by atoms with Crippen molar-refractivity contribution in [3.63, 3.8) is 0 Å². The lowest BCUT2D eigenvalue weighted by atomic mass is 10.1. The summed E-state index contributed by atoms with van der Waals surface area (Å²) in [7, 11) is 0. The van der Waals surface area contributed by atoms with Crippen LogP contribution in [0.3, 0.4) is 0 Å². The van der Waals surface area contributed by atoms with E-state index in [-0.39, 0.29) is 0 Å². The molecule has 1 fully saturated rings. The van der Waals surface area contributed by atoms with Crippen LogP contribution in [-0.4, -0.2) is 37.7 Å². The third-order valence-corrected chi connectivity index (χ3v) is 5.11. The zero-order valence-electron chi connectivity index (χ0n) is 15.4. The lowest BCUT2D eigenvalue weighted by Crippen LogP contribution is -2.45. The van der Waals surface area contributed by atoms with Gasteiger partial charge in [-0.25, -0.2) is 0 Å². The van der Waals surface area contributed by atoms with Crippen LogP contribution < -0.4 is 9.64 Å². The second-order valence-electron chi connectivity index (χ2n) is 6.84. The van der Waals surface area contributed by atoms with Crippen molar-refractivity contribution in [2.45, 2.75) is 13.5 Å². The number of piperazine rings is 1. The van der Waals surface area contributed by atoms with Crippen LogP contribution in [0.25, 0.3) is 10.8 Å². The van der Waals surface area contributed by atoms with E-state index >= 15 is 0 Å². The van der Waals surface area contributed by atoms with E-state index < -0.39 is 0 Å². The first-order valence-electron chi connectivity index (χ1n) is 9.50. The minimum Gasteiger partial charge on any atom is -0.493 e. The van der Waals surface area contributed by atoms with Gasteiger partial charge in [0, 0.05) is 43.8 Å². The highest BCUT2D eigenvalue weighted by Crippen LogP contribution is 2.30. The monoisotopic (exact) mass is 346 g/mol. The summed E-state index contributed by atoms with van der Waals surface area (Å²) in [4.78, 5) is 5.03. The maximum absolute atomic E-state index is 5.82. The number of hydrogen-bond donors (Lipinski definition) is 0. The predicted molar refractivity (Wildman–Crippen MR) is 109 cm³/mol. The summed E-state index contributed by atoms with van der Waals surface area (Å²) in [6.07, 6.45) is 0. The Balaban J connectivity index is 1.46. The van der Waals surface area contributed by atoms with Gasteiger partial charge >= 0.3 is 0 Å². The first-order chi connectivity index (χ1) is 12.8. The van der Waals surface area contributed by atoms with Crippen molar-refractivity contribution in [1.82, 2.24) is 4.90 Å². The summed E-state index contributed by atoms with van der Waals surface area (Å²) in [5.41, 5.74) is 2.69. The fourth-order valence-corrected chi connectivity index (χ4v) is 3.72. The number of rotatable bonds is 5. The van der Waals surface area contributed by atoms with Gasteiger partial charge in [-0.2, -0.15) is 0 Å². The summed E-state index contributed by atoms with van der Waals surface area (Å²) in [5, 5.41) is 2.45. The molecule has 1 saturated heterocycles. The van der Waals surface area contributed by atoms with E-state index in [4.69, 9.17) is 4.74 Å². The maximum atomic E-state index is 5.82. The Morgan fingerprint density at radius 3 is 2.42 bits per heavy atom. The molecule has 0 saturated carbocycles. The summed E-state index contributed by atoms with van der Waals surface area (Å²) < 4.78 is 5.82. The minimum absolute atomic E-state index is 0.696. The summed E-state index contributed by atoms with van der Waals surface area (Å²) >= 11 is 0. The standard InChI is InChI=1S/C23H26N2O/c1-2-26-23-10-6-9-20-11-12-21(17-22(20)23)25-15-13-24(14-16-25)18-19-7-4-3-5-8-19/h3-12,17H,2,13-16,18H2,1H3. The first-order valence-corrected chi connectivity index (χ1v) is 9.50. The van der Waals surface area contributed by atoms with Crippen LogP contribution in [-0.2, 0) is 6.54 Å². The molecule has 134 valence electrons. The molecule has 0 spiro atoms. The van der Waals surface area contributed by atoms with Crippen molar-refractivity contribution in [1.29, 1.82) is 0 Å². The van der Waals surface area contributed by atoms with Crippen molar-refractivity contribution >= 4 is 16.5 Å². The fraction of sp³-hybridized carbons (Fsp3) is 0.304. The van der Waals surface area contributed by atoms with Gasteiger partial charge in [-0.15, -0.1) is 0 Å². The zero-order valence-corrected chi connectivity index (χ0v) is 15.4. The molecule has 0 aromatic heterocycles. The van der Waals surface area contributed by atoms with E-state index in [9.17, 15) is 0 Å². The van der Waals surface area contributed by atoms with Gasteiger partial charge in [-0.1, -0.05) is 48.5 Å². The lowest BCUT2D eigenvalue weighted by Gasteiger charge is -2.36. The molecule has 3 heteroatoms. The van der Waals surface area contributed by atoms with Crippen molar-refractivity contribution in [3.8, 4) is 5.75 Å². The quantitative estimate of drug-likeness (QED) is 0.673. The molecular weight excluding hydrogens is 320 g/mol. The van der Waals surface area contributed by atoms with Crippen LogP contribution in [0.1, 0.15) is 12.5 Å². The summed E-state index contributed by atoms with van der Waals surface area (Å²) in [6, 6.07) is 23.8. The van der Waals surface area contributed by atoms with Crippen LogP contribution in [0.5, 0.6) is 5.75 Å². The van der Waals surface area contributed by atoms with Crippen LogP contribution in [0, 0.1) is 0 Å². The second-order valence-corrected chi connectivity index (χ2v) is 6.84. The smallest absolute Gasteiger partial charge is 0.127 e. The van der Waals surface area contributed by atoms with Gasteiger partial charge in [-0.3, -0.25) is 4.90 Å². The Kier molecular flexibility index (Phi) is 5.07. The zero-order chi connectivity index (χ0) is 17.8. The highest BCUT2D eigenvalue weighted by atomic mass is 16.5. The Morgan fingerprint density at radius 2 is 1.65 bits per heavy atom. The molecule has 3 aromatic rings. The van der Waals surface area contributed by atoms with Gasteiger partial charge in [0.05, 0.1) is 6.61 Å². The number of hydrogen-bond acceptors (Lipinski definition) is 3. The van der Waals surface area contributed by atoms with Crippen LogP contribution in [0.15, 0.2) is 66.7 Å². The highest BCUT2D eigenvalue weighted by Gasteiger charge is 2.18. The van der Waals surface area contributed by atoms with E-state index in [1.165, 1.54) is 22.0 Å². The van der Waals surface area contributed by atoms with E-state index in [0.29, 0.717) is 6.61 Å². The molecule has 0 unspecified atom stereocenters. The molecule has 0 atom stereocenters. The fourth-order valence-electron chi connectivity index (χ4n) is 3.72. The summed E-state index contributed by atoms with van der Waals surface area (Å²) in [6.45, 7) is 8.10. The van der Waals surface area contributed by atoms with Gasteiger partial charge < -0.3 is 9.64 Å². The molecule has 4 rings (SSSR count). The molecular formula is C23H26N2O. The van der Waals surface area contributed by atoms with E-state index in [1.807, 2.05) is 6.92 Å². The van der Waals surface area contributed by atoms with Crippen LogP contribution >= 0.6 is 0 Å². The molecule has 1 heterocycles. The Labute approximate surface area is 155 Å². The molecule has 1 aliphatic rings. The van der Waals surface area contributed by atoms with Crippen molar-refractivity contribution in [2.75, 3.05) is 37.7 Å². The normalized spacial score (nSPS) is 15.3. The predicted octanol–water partition coefficient (Wildman–Crippen LogP) is 4.56. The largest absolute Gasteiger partial charge is 0.493 e. The van der Waals surface area contributed by atoms with Gasteiger partial charge in [-0.05, 0) is 36.1 Å². The Hall–Kier alpha value is -2.52. The highest BCUT2D eigenvalue weighted by molar-refractivity contribution is 5.91. The van der Waals surface area contributed by atoms with Gasteiger partial charge in [0.1, 0.15) is 5.75 Å². The molecule has 0 bridgehead atoms. The maximum Gasteiger partial charge on any atom is 0.127 e. The van der Waals surface area contributed by atoms with Gasteiger partial charge in [0.15, 0.2) is 0 Å². The molecule has 0 aliphatic carbocycles. The molecule has 1 aliphatic heterocycles. The van der Waals surface area contributed by atoms with Crippen molar-refractivity contribution < 1.29 is 4.74 Å². The summed E-state index contributed by atoms with van der Waals surface area (Å²) in [5.74, 6) is 0.981. The minimum atomic E-state index is 0.696. The Morgan fingerprint density at radius 1 is 0.846 bits per heavy atom. The lowest BCUT2D eigenvalue weighted by molar-refractivity contribution is 0.250. The van der Waals surface area contributed by atoms with Gasteiger partial charge in [0.25, 0.3) is 0 Å². The van der Waals surface area contributed by atoms with Crippen LogP contribution in [0.2, 0.25) is 0 Å². The SMILES string of the molecule is CCOc1cccc2ccc(N3CCN(Cc4ccccc4)CC3)cc12. The topological polar surface area (TPSA) is 15.7 Å². The average Bonchev–Trinajstić information content (AvgIpc) is 2.70. The number of ether oxygens (including phenoxy) is 1. The molecule has 3 aromatic carbocycles. The second kappa shape index (κ2) is 7.79. The third kappa shape index (κ3) is 3.68. The molecule has 3 nitrogen and oxygen atoms in total. The number of anilines is 1. The van der Waals surface area contributed by atoms with Crippen molar-refractivity contribution in [2.24, 2.45) is 0 Å². The number of fused-ring (bicyclic) bond motifs is 1. The van der Waals surface area contributed by atoms with E-state index in [1.54, 1.807) is 0 Å². The van der Waals surface area contributed by atoms with Crippen molar-refractivity contribution in [3.05, 3.63) is 72.3 Å².